The van der Waals surface area contributed by atoms with Crippen LogP contribution in [0.1, 0.15) is 35.8 Å². The van der Waals surface area contributed by atoms with E-state index in [2.05, 4.69) is 55.4 Å². The highest BCUT2D eigenvalue weighted by Gasteiger charge is 2.14. The molecule has 3 aromatic heterocycles. The number of pyridine rings is 3. The van der Waals surface area contributed by atoms with Crippen molar-refractivity contribution >= 4 is 67.3 Å². The quantitative estimate of drug-likeness (QED) is 0.169. The topological polar surface area (TPSA) is 106 Å². The normalized spacial score (nSPS) is 11.1. The number of nitrogen functional groups attached to an aromatic ring is 1. The molecule has 0 unspecified atom stereocenters. The number of nitrogens with two attached hydrogens (primary N) is 1. The molecule has 5 aromatic rings. The lowest BCUT2D eigenvalue weighted by molar-refractivity contribution is 0.102. The number of amides is 1. The van der Waals surface area contributed by atoms with E-state index < -0.39 is 0 Å². The lowest BCUT2D eigenvalue weighted by Gasteiger charge is -2.16. The van der Waals surface area contributed by atoms with Crippen LogP contribution in [0.5, 0.6) is 0 Å². The van der Waals surface area contributed by atoms with Gasteiger partial charge in [-0.1, -0.05) is 25.6 Å². The van der Waals surface area contributed by atoms with Crippen LogP contribution >= 0.6 is 27.7 Å². The first-order valence-corrected chi connectivity index (χ1v) is 13.6. The number of hydrogen-bond donors (Lipinski definition) is 3. The van der Waals surface area contributed by atoms with Crippen LogP contribution in [0, 0.1) is 0 Å². The van der Waals surface area contributed by atoms with Gasteiger partial charge in [-0.25, -0.2) is 0 Å². The van der Waals surface area contributed by atoms with E-state index in [0.717, 1.165) is 42.2 Å². The molecule has 9 heteroatoms. The van der Waals surface area contributed by atoms with Gasteiger partial charge < -0.3 is 16.4 Å². The van der Waals surface area contributed by atoms with Crippen LogP contribution in [-0.2, 0) is 0 Å². The summed E-state index contributed by atoms with van der Waals surface area (Å²) in [7, 11) is 0. The van der Waals surface area contributed by atoms with Crippen molar-refractivity contribution in [2.45, 2.75) is 29.6 Å². The van der Waals surface area contributed by atoms with E-state index in [1.165, 1.54) is 0 Å². The summed E-state index contributed by atoms with van der Waals surface area (Å²) in [5.41, 5.74) is 11.2. The van der Waals surface area contributed by atoms with Crippen LogP contribution in [0.15, 0.2) is 99.7 Å². The second-order valence-electron chi connectivity index (χ2n) is 8.99. The number of aromatic nitrogens is 3. The standard InChI is InChI=1S/C29H25BrN6OS/c1-17(2)25-13-26-23(16-34-25)24(9-10-33-26)36-27-11-18(29(37)35-21-12-19(30)14-32-15-21)3-8-28(27)38-22-6-4-20(31)5-7-22/h3-17H,31H2,1-2H3,(H,33,36)(H,35,37). The first-order valence-electron chi connectivity index (χ1n) is 12.0. The van der Waals surface area contributed by atoms with Crippen molar-refractivity contribution in [1.82, 2.24) is 15.0 Å². The molecule has 38 heavy (non-hydrogen) atoms. The molecule has 0 saturated heterocycles. The van der Waals surface area contributed by atoms with Crippen LogP contribution < -0.4 is 16.4 Å². The molecule has 0 fully saturated rings. The first-order chi connectivity index (χ1) is 18.4. The monoisotopic (exact) mass is 584 g/mol. The number of anilines is 4. The molecule has 0 bridgehead atoms. The predicted octanol–water partition coefficient (Wildman–Crippen LogP) is 7.64. The van der Waals surface area contributed by atoms with Gasteiger partial charge >= 0.3 is 0 Å². The average molecular weight is 586 g/mol. The van der Waals surface area contributed by atoms with E-state index >= 15 is 0 Å². The Morgan fingerprint density at radius 2 is 1.76 bits per heavy atom. The summed E-state index contributed by atoms with van der Waals surface area (Å²) in [5.74, 6) is 0.0659. The van der Waals surface area contributed by atoms with Crippen LogP contribution in [0.25, 0.3) is 10.9 Å². The lowest BCUT2D eigenvalue weighted by atomic mass is 10.1. The fourth-order valence-electron chi connectivity index (χ4n) is 3.83. The number of hydrogen-bond acceptors (Lipinski definition) is 7. The second-order valence-corrected chi connectivity index (χ2v) is 11.0. The van der Waals surface area contributed by atoms with Gasteiger partial charge in [0.2, 0.25) is 0 Å². The molecular formula is C29H25BrN6OS. The second kappa shape index (κ2) is 11.2. The van der Waals surface area contributed by atoms with Crippen molar-refractivity contribution in [3.8, 4) is 0 Å². The summed E-state index contributed by atoms with van der Waals surface area (Å²) in [6, 6.07) is 19.0. The minimum atomic E-state index is -0.236. The molecule has 0 radical (unpaired) electrons. The number of benzene rings is 2. The summed E-state index contributed by atoms with van der Waals surface area (Å²) in [6.45, 7) is 4.22. The number of fused-ring (bicyclic) bond motifs is 1. The number of nitrogens with zero attached hydrogens (tertiary/aromatic N) is 3. The summed E-state index contributed by atoms with van der Waals surface area (Å²) < 4.78 is 0.784. The number of carbonyl (C=O) groups is 1. The number of rotatable bonds is 7. The summed E-state index contributed by atoms with van der Waals surface area (Å²) in [5, 5.41) is 7.35. The number of carbonyl (C=O) groups excluding carboxylic acids is 1. The van der Waals surface area contributed by atoms with Crippen LogP contribution in [0.2, 0.25) is 0 Å². The van der Waals surface area contributed by atoms with Crippen molar-refractivity contribution in [3.05, 3.63) is 101 Å². The lowest BCUT2D eigenvalue weighted by Crippen LogP contribution is -2.12. The maximum Gasteiger partial charge on any atom is 0.255 e. The van der Waals surface area contributed by atoms with Gasteiger partial charge in [-0.15, -0.1) is 0 Å². The maximum atomic E-state index is 13.1. The Labute approximate surface area is 233 Å². The molecule has 0 aliphatic carbocycles. The SMILES string of the molecule is CC(C)c1cc2nccc(Nc3cc(C(=O)Nc4cncc(Br)c4)ccc3Sc3ccc(N)cc3)c2cn1. The van der Waals surface area contributed by atoms with Gasteiger partial charge in [0.1, 0.15) is 0 Å². The minimum absolute atomic E-state index is 0.236. The van der Waals surface area contributed by atoms with E-state index in [-0.39, 0.29) is 5.91 Å². The molecule has 1 amide bonds. The van der Waals surface area contributed by atoms with Gasteiger partial charge in [0.25, 0.3) is 5.91 Å². The van der Waals surface area contributed by atoms with Gasteiger partial charge in [-0.05, 0) is 82.5 Å². The van der Waals surface area contributed by atoms with Gasteiger partial charge in [-0.2, -0.15) is 0 Å². The van der Waals surface area contributed by atoms with Crippen molar-refractivity contribution in [1.29, 1.82) is 0 Å². The maximum absolute atomic E-state index is 13.1. The van der Waals surface area contributed by atoms with Crippen LogP contribution in [-0.4, -0.2) is 20.9 Å². The summed E-state index contributed by atoms with van der Waals surface area (Å²) >= 11 is 4.97. The smallest absolute Gasteiger partial charge is 0.255 e. The summed E-state index contributed by atoms with van der Waals surface area (Å²) in [4.78, 5) is 28.4. The zero-order valence-electron chi connectivity index (χ0n) is 20.8. The molecule has 0 aliphatic rings. The van der Waals surface area contributed by atoms with Crippen molar-refractivity contribution in [2.75, 3.05) is 16.4 Å². The molecule has 4 N–H and O–H groups in total. The molecule has 2 aromatic carbocycles. The third-order valence-corrected chi connectivity index (χ3v) is 7.34. The molecule has 0 spiro atoms. The Kier molecular flexibility index (Phi) is 7.57. The van der Waals surface area contributed by atoms with E-state index in [4.69, 9.17) is 5.73 Å². The minimum Gasteiger partial charge on any atom is -0.399 e. The summed E-state index contributed by atoms with van der Waals surface area (Å²) in [6.07, 6.45) is 6.90. The van der Waals surface area contributed by atoms with E-state index in [1.807, 2.05) is 60.8 Å². The number of halogens is 1. The van der Waals surface area contributed by atoms with Gasteiger partial charge in [-0.3, -0.25) is 19.7 Å². The van der Waals surface area contributed by atoms with E-state index in [0.29, 0.717) is 22.9 Å². The Hall–Kier alpha value is -3.95. The highest BCUT2D eigenvalue weighted by atomic mass is 79.9. The van der Waals surface area contributed by atoms with E-state index in [9.17, 15) is 4.79 Å². The highest BCUT2D eigenvalue weighted by molar-refractivity contribution is 9.10. The molecule has 5 rings (SSSR count). The Balaban J connectivity index is 1.52. The van der Waals surface area contributed by atoms with Gasteiger partial charge in [0.05, 0.1) is 28.8 Å². The zero-order valence-corrected chi connectivity index (χ0v) is 23.2. The molecule has 0 atom stereocenters. The van der Waals surface area contributed by atoms with E-state index in [1.54, 1.807) is 36.4 Å². The Bertz CT molecular complexity index is 1620. The third-order valence-electron chi connectivity index (χ3n) is 5.82. The highest BCUT2D eigenvalue weighted by Crippen LogP contribution is 2.37. The molecule has 7 nitrogen and oxygen atoms in total. The fraction of sp³-hybridized carbons (Fsp3) is 0.103. The first kappa shape index (κ1) is 25.7. The van der Waals surface area contributed by atoms with Crippen molar-refractivity contribution < 1.29 is 4.79 Å². The predicted molar refractivity (Wildman–Crippen MR) is 158 cm³/mol. The molecule has 3 heterocycles. The third kappa shape index (κ3) is 5.95. The molecule has 190 valence electrons. The van der Waals surface area contributed by atoms with Gasteiger partial charge in [0.15, 0.2) is 0 Å². The number of nitrogens with one attached hydrogen (secondary N) is 2. The molecule has 0 aliphatic heterocycles. The van der Waals surface area contributed by atoms with Crippen molar-refractivity contribution in [2.24, 2.45) is 0 Å². The largest absolute Gasteiger partial charge is 0.399 e. The molecular weight excluding hydrogens is 560 g/mol. The Morgan fingerprint density at radius 3 is 2.53 bits per heavy atom. The van der Waals surface area contributed by atoms with Crippen LogP contribution in [0.3, 0.4) is 0 Å². The van der Waals surface area contributed by atoms with Gasteiger partial charge in [0, 0.05) is 55.2 Å². The zero-order chi connectivity index (χ0) is 26.6. The van der Waals surface area contributed by atoms with Crippen LogP contribution in [0.4, 0.5) is 22.7 Å². The average Bonchev–Trinajstić information content (AvgIpc) is 2.90. The molecule has 0 saturated carbocycles. The Morgan fingerprint density at radius 1 is 0.947 bits per heavy atom. The fourth-order valence-corrected chi connectivity index (χ4v) is 5.08. The van der Waals surface area contributed by atoms with Crippen molar-refractivity contribution in [3.63, 3.8) is 0 Å².